The minimum absolute atomic E-state index is 0.216. The fourth-order valence-corrected chi connectivity index (χ4v) is 4.48. The predicted octanol–water partition coefficient (Wildman–Crippen LogP) is 3.43. The Morgan fingerprint density at radius 3 is 2.46 bits per heavy atom. The Balaban J connectivity index is 1.55. The van der Waals surface area contributed by atoms with Crippen molar-refractivity contribution in [3.05, 3.63) is 48.9 Å². The number of amides is 1. The fourth-order valence-electron chi connectivity index (χ4n) is 4.48. The van der Waals surface area contributed by atoms with Gasteiger partial charge in [-0.05, 0) is 36.8 Å². The number of fused-ring (bicyclic) bond motifs is 1. The van der Waals surface area contributed by atoms with Crippen LogP contribution >= 0.6 is 0 Å². The molecule has 1 aromatic carbocycles. The Morgan fingerprint density at radius 1 is 1.14 bits per heavy atom. The summed E-state index contributed by atoms with van der Waals surface area (Å²) in [6.07, 6.45) is -3.05. The van der Waals surface area contributed by atoms with Gasteiger partial charge < -0.3 is 19.6 Å². The number of anilines is 1. The standard InChI is InChI=1S/C23H21F4N5O3/c1-13(24)22(34)31-10-15(11-31)32-21-18(30-9-7-16(33)12-30)6-8-28-20(21)19(29-32)14-2-4-17(5-3-14)35-23(25,26)27/h2-6,8,15-16,33H,1,7,9-12H2. The van der Waals surface area contributed by atoms with Crippen LogP contribution in [0.25, 0.3) is 22.3 Å². The van der Waals surface area contributed by atoms with E-state index in [1.165, 1.54) is 29.2 Å². The van der Waals surface area contributed by atoms with E-state index in [2.05, 4.69) is 16.3 Å². The van der Waals surface area contributed by atoms with E-state index in [0.717, 1.165) is 5.69 Å². The Bertz CT molecular complexity index is 1280. The maximum atomic E-state index is 13.3. The molecule has 184 valence electrons. The first-order chi connectivity index (χ1) is 16.6. The van der Waals surface area contributed by atoms with Crippen LogP contribution < -0.4 is 9.64 Å². The number of β-amino-alcohol motifs (C(OH)–C–C–N with tert-alkyl or cyclic N) is 1. The molecule has 5 rings (SSSR count). The number of aliphatic hydroxyl groups excluding tert-OH is 1. The highest BCUT2D eigenvalue weighted by atomic mass is 19.4. The van der Waals surface area contributed by atoms with Gasteiger partial charge in [-0.1, -0.05) is 6.58 Å². The van der Waals surface area contributed by atoms with Gasteiger partial charge in [0, 0.05) is 37.9 Å². The van der Waals surface area contributed by atoms with Crippen LogP contribution in [-0.2, 0) is 4.79 Å². The molecule has 1 unspecified atom stereocenters. The van der Waals surface area contributed by atoms with E-state index in [-0.39, 0.29) is 24.9 Å². The average Bonchev–Trinajstić information content (AvgIpc) is 3.36. The number of hydrogen-bond donors (Lipinski definition) is 1. The molecule has 0 bridgehead atoms. The lowest BCUT2D eigenvalue weighted by Gasteiger charge is -2.39. The maximum Gasteiger partial charge on any atom is 0.573 e. The molecule has 3 aromatic rings. The molecule has 0 spiro atoms. The number of benzene rings is 1. The number of pyridine rings is 1. The second kappa shape index (κ2) is 8.52. The van der Waals surface area contributed by atoms with E-state index in [9.17, 15) is 27.5 Å². The van der Waals surface area contributed by atoms with Gasteiger partial charge in [-0.15, -0.1) is 13.2 Å². The molecule has 2 fully saturated rings. The number of hydrogen-bond acceptors (Lipinski definition) is 6. The summed E-state index contributed by atoms with van der Waals surface area (Å²) in [7, 11) is 0. The fraction of sp³-hybridized carbons (Fsp3) is 0.348. The van der Waals surface area contributed by atoms with Crippen molar-refractivity contribution >= 4 is 22.6 Å². The van der Waals surface area contributed by atoms with E-state index >= 15 is 0 Å². The zero-order valence-electron chi connectivity index (χ0n) is 18.4. The molecule has 0 saturated carbocycles. The third-order valence-electron chi connectivity index (χ3n) is 6.16. The minimum Gasteiger partial charge on any atom is -0.406 e. The summed E-state index contributed by atoms with van der Waals surface area (Å²) in [5.74, 6) is -2.17. The van der Waals surface area contributed by atoms with Crippen LogP contribution in [0.5, 0.6) is 5.75 Å². The van der Waals surface area contributed by atoms with Crippen LogP contribution in [0.4, 0.5) is 23.2 Å². The number of aromatic nitrogens is 3. The molecule has 2 aliphatic heterocycles. The Labute approximate surface area is 197 Å². The topological polar surface area (TPSA) is 83.7 Å². The lowest BCUT2D eigenvalue weighted by atomic mass is 10.1. The third-order valence-corrected chi connectivity index (χ3v) is 6.16. The maximum absolute atomic E-state index is 13.3. The van der Waals surface area contributed by atoms with E-state index in [1.807, 2.05) is 11.0 Å². The van der Waals surface area contributed by atoms with Gasteiger partial charge in [-0.3, -0.25) is 14.5 Å². The quantitative estimate of drug-likeness (QED) is 0.435. The number of carbonyl (C=O) groups excluding carboxylic acids is 1. The van der Waals surface area contributed by atoms with Crippen LogP contribution in [0.2, 0.25) is 0 Å². The van der Waals surface area contributed by atoms with Crippen molar-refractivity contribution in [3.63, 3.8) is 0 Å². The first kappa shape index (κ1) is 23.1. The highest BCUT2D eigenvalue weighted by Gasteiger charge is 2.37. The zero-order chi connectivity index (χ0) is 24.9. The van der Waals surface area contributed by atoms with Crippen molar-refractivity contribution in [1.82, 2.24) is 19.7 Å². The van der Waals surface area contributed by atoms with Gasteiger partial charge in [0.2, 0.25) is 0 Å². The largest absolute Gasteiger partial charge is 0.573 e. The first-order valence-electron chi connectivity index (χ1n) is 10.9. The summed E-state index contributed by atoms with van der Waals surface area (Å²) in [5.41, 5.74) is 2.96. The summed E-state index contributed by atoms with van der Waals surface area (Å²) < 4.78 is 56.6. The van der Waals surface area contributed by atoms with Crippen molar-refractivity contribution in [2.24, 2.45) is 0 Å². The molecule has 12 heteroatoms. The van der Waals surface area contributed by atoms with E-state index < -0.39 is 24.2 Å². The summed E-state index contributed by atoms with van der Waals surface area (Å²) >= 11 is 0. The first-order valence-corrected chi connectivity index (χ1v) is 10.9. The number of aliphatic hydroxyl groups is 1. The van der Waals surface area contributed by atoms with Gasteiger partial charge in [-0.25, -0.2) is 4.39 Å². The second-order valence-corrected chi connectivity index (χ2v) is 8.55. The normalized spacial score (nSPS) is 18.7. The molecule has 2 saturated heterocycles. The summed E-state index contributed by atoms with van der Waals surface area (Å²) in [4.78, 5) is 19.7. The molecule has 1 atom stereocenters. The molecule has 8 nitrogen and oxygen atoms in total. The summed E-state index contributed by atoms with van der Waals surface area (Å²) in [5, 5.41) is 14.8. The lowest BCUT2D eigenvalue weighted by molar-refractivity contribution is -0.274. The predicted molar refractivity (Wildman–Crippen MR) is 118 cm³/mol. The molecule has 1 amide bonds. The molecular weight excluding hydrogens is 470 g/mol. The highest BCUT2D eigenvalue weighted by molar-refractivity contribution is 5.98. The molecule has 0 aliphatic carbocycles. The number of alkyl halides is 3. The monoisotopic (exact) mass is 491 g/mol. The van der Waals surface area contributed by atoms with Gasteiger partial charge in [0.1, 0.15) is 22.5 Å². The number of likely N-dealkylation sites (tertiary alicyclic amines) is 1. The van der Waals surface area contributed by atoms with Crippen molar-refractivity contribution in [2.45, 2.75) is 24.9 Å². The van der Waals surface area contributed by atoms with Crippen LogP contribution in [0, 0.1) is 0 Å². The van der Waals surface area contributed by atoms with Crippen molar-refractivity contribution < 1.29 is 32.2 Å². The molecule has 0 radical (unpaired) electrons. The smallest absolute Gasteiger partial charge is 0.406 e. The SMILES string of the molecule is C=C(F)C(=O)N1CC(n2nc(-c3ccc(OC(F)(F)F)cc3)c3nccc(N4CCC(O)C4)c32)C1. The molecular formula is C23H21F4N5O3. The van der Waals surface area contributed by atoms with E-state index in [1.54, 1.807) is 10.9 Å². The van der Waals surface area contributed by atoms with Crippen molar-refractivity contribution in [1.29, 1.82) is 0 Å². The number of nitrogens with zero attached hydrogens (tertiary/aromatic N) is 5. The van der Waals surface area contributed by atoms with Gasteiger partial charge in [0.05, 0.1) is 17.8 Å². The third kappa shape index (κ3) is 4.41. The lowest BCUT2D eigenvalue weighted by Crippen LogP contribution is -2.51. The number of halogens is 4. The molecule has 1 N–H and O–H groups in total. The Morgan fingerprint density at radius 2 is 1.86 bits per heavy atom. The van der Waals surface area contributed by atoms with Gasteiger partial charge in [-0.2, -0.15) is 5.10 Å². The minimum atomic E-state index is -4.80. The molecule has 2 aromatic heterocycles. The van der Waals surface area contributed by atoms with Crippen molar-refractivity contribution in [2.75, 3.05) is 31.1 Å². The van der Waals surface area contributed by atoms with Gasteiger partial charge >= 0.3 is 6.36 Å². The molecule has 35 heavy (non-hydrogen) atoms. The average molecular weight is 491 g/mol. The highest BCUT2D eigenvalue weighted by Crippen LogP contribution is 2.38. The number of carbonyl (C=O) groups is 1. The molecule has 2 aliphatic rings. The van der Waals surface area contributed by atoms with Crippen LogP contribution in [-0.4, -0.2) is 69.3 Å². The van der Waals surface area contributed by atoms with Crippen LogP contribution in [0.3, 0.4) is 0 Å². The van der Waals surface area contributed by atoms with Gasteiger partial charge in [0.25, 0.3) is 5.91 Å². The van der Waals surface area contributed by atoms with Crippen molar-refractivity contribution in [3.8, 4) is 17.0 Å². The van der Waals surface area contributed by atoms with Crippen LogP contribution in [0.15, 0.2) is 48.9 Å². The number of rotatable bonds is 5. The second-order valence-electron chi connectivity index (χ2n) is 8.55. The summed E-state index contributed by atoms with van der Waals surface area (Å²) in [6, 6.07) is 6.87. The Kier molecular flexibility index (Phi) is 5.62. The van der Waals surface area contributed by atoms with Gasteiger partial charge in [0.15, 0.2) is 5.83 Å². The van der Waals surface area contributed by atoms with Crippen LogP contribution in [0.1, 0.15) is 12.5 Å². The van der Waals surface area contributed by atoms with E-state index in [4.69, 9.17) is 5.10 Å². The molecule has 4 heterocycles. The zero-order valence-corrected chi connectivity index (χ0v) is 18.4. The van der Waals surface area contributed by atoms with E-state index in [0.29, 0.717) is 41.8 Å². The Hall–Kier alpha value is -3.67. The number of ether oxygens (including phenoxy) is 1. The summed E-state index contributed by atoms with van der Waals surface area (Å²) in [6.45, 7) is 4.54.